The molecule has 154 valence electrons. The van der Waals surface area contributed by atoms with E-state index in [0.29, 0.717) is 22.4 Å². The smallest absolute Gasteiger partial charge is 0.320 e. The number of aromatic nitrogens is 2. The van der Waals surface area contributed by atoms with Crippen molar-refractivity contribution in [3.8, 4) is 0 Å². The Morgan fingerprint density at radius 2 is 1.79 bits per heavy atom. The summed E-state index contributed by atoms with van der Waals surface area (Å²) in [7, 11) is 0. The van der Waals surface area contributed by atoms with Gasteiger partial charge in [0.15, 0.2) is 5.82 Å². The highest BCUT2D eigenvalue weighted by atomic mass is 79.9. The molecule has 0 spiro atoms. The summed E-state index contributed by atoms with van der Waals surface area (Å²) >= 11 is 15.6. The van der Waals surface area contributed by atoms with E-state index < -0.39 is 0 Å². The number of amides is 2. The maximum absolute atomic E-state index is 12.8. The number of benzene rings is 1. The van der Waals surface area contributed by atoms with E-state index in [1.165, 1.54) is 19.3 Å². The van der Waals surface area contributed by atoms with Crippen molar-refractivity contribution < 1.29 is 4.79 Å². The van der Waals surface area contributed by atoms with Crippen LogP contribution < -0.4 is 10.6 Å². The lowest BCUT2D eigenvalue weighted by Crippen LogP contribution is -2.60. The third-order valence-electron chi connectivity index (χ3n) is 6.69. The van der Waals surface area contributed by atoms with Gasteiger partial charge in [0.1, 0.15) is 0 Å². The van der Waals surface area contributed by atoms with Crippen molar-refractivity contribution in [3.05, 3.63) is 44.5 Å². The van der Waals surface area contributed by atoms with E-state index in [-0.39, 0.29) is 11.6 Å². The summed E-state index contributed by atoms with van der Waals surface area (Å²) < 4.78 is 2.52. The van der Waals surface area contributed by atoms with Crippen LogP contribution in [0, 0.1) is 17.8 Å². The van der Waals surface area contributed by atoms with Gasteiger partial charge in [-0.3, -0.25) is 10.00 Å². The second-order valence-corrected chi connectivity index (χ2v) is 10.7. The highest BCUT2D eigenvalue weighted by molar-refractivity contribution is 9.10. The van der Waals surface area contributed by atoms with Gasteiger partial charge in [-0.15, -0.1) is 0 Å². The first-order valence-electron chi connectivity index (χ1n) is 10.1. The SMILES string of the molecule is O=C(Nc1nn(Cc2ccc(Cl)c(Cl)c2)cc1Br)NC12CC3CC(CC(C3)C1)C2. The number of urea groups is 1. The molecule has 29 heavy (non-hydrogen) atoms. The van der Waals surface area contributed by atoms with E-state index >= 15 is 0 Å². The molecule has 0 unspecified atom stereocenters. The van der Waals surface area contributed by atoms with Crippen molar-refractivity contribution in [2.75, 3.05) is 5.32 Å². The Kier molecular flexibility index (Phi) is 5.08. The van der Waals surface area contributed by atoms with E-state index in [9.17, 15) is 4.79 Å². The van der Waals surface area contributed by atoms with Gasteiger partial charge < -0.3 is 5.32 Å². The minimum atomic E-state index is -0.160. The fraction of sp³-hybridized carbons (Fsp3) is 0.524. The summed E-state index contributed by atoms with van der Waals surface area (Å²) in [6.45, 7) is 0.535. The van der Waals surface area contributed by atoms with Crippen molar-refractivity contribution >= 4 is 51.0 Å². The zero-order chi connectivity index (χ0) is 20.2. The van der Waals surface area contributed by atoms with E-state index in [2.05, 4.69) is 31.7 Å². The number of hydrogen-bond acceptors (Lipinski definition) is 2. The van der Waals surface area contributed by atoms with E-state index in [4.69, 9.17) is 23.2 Å². The molecule has 8 heteroatoms. The maximum atomic E-state index is 12.8. The van der Waals surface area contributed by atoms with Crippen molar-refractivity contribution in [2.45, 2.75) is 50.6 Å². The fourth-order valence-electron chi connectivity index (χ4n) is 6.03. The fourth-order valence-corrected chi connectivity index (χ4v) is 6.77. The number of carbonyl (C=O) groups excluding carboxylic acids is 1. The molecule has 1 aromatic carbocycles. The van der Waals surface area contributed by atoms with Gasteiger partial charge in [0.25, 0.3) is 0 Å². The first-order valence-corrected chi connectivity index (χ1v) is 11.7. The Morgan fingerprint density at radius 3 is 2.41 bits per heavy atom. The lowest BCUT2D eigenvalue weighted by Gasteiger charge is -2.56. The number of halogens is 3. The molecule has 2 amide bonds. The summed E-state index contributed by atoms with van der Waals surface area (Å²) in [5, 5.41) is 11.8. The predicted octanol–water partition coefficient (Wildman–Crippen LogP) is 6.09. The largest absolute Gasteiger partial charge is 0.332 e. The summed E-state index contributed by atoms with van der Waals surface area (Å²) in [5.74, 6) is 2.89. The molecule has 0 radical (unpaired) electrons. The number of carbonyl (C=O) groups is 1. The second kappa shape index (κ2) is 7.47. The van der Waals surface area contributed by atoms with Gasteiger partial charge >= 0.3 is 6.03 Å². The van der Waals surface area contributed by atoms with Gasteiger partial charge in [0.05, 0.1) is 21.1 Å². The van der Waals surface area contributed by atoms with Crippen LogP contribution in [0.3, 0.4) is 0 Å². The van der Waals surface area contributed by atoms with Crippen molar-refractivity contribution in [3.63, 3.8) is 0 Å². The summed E-state index contributed by atoms with van der Waals surface area (Å²) in [6, 6.07) is 5.35. The highest BCUT2D eigenvalue weighted by Gasteiger charge is 2.51. The zero-order valence-electron chi connectivity index (χ0n) is 15.9. The monoisotopic (exact) mass is 496 g/mol. The molecule has 4 fully saturated rings. The number of hydrogen-bond donors (Lipinski definition) is 2. The van der Waals surface area contributed by atoms with Crippen LogP contribution in [0.15, 0.2) is 28.9 Å². The molecule has 4 bridgehead atoms. The number of nitrogens with one attached hydrogen (secondary N) is 2. The molecule has 0 saturated heterocycles. The number of rotatable bonds is 4. The van der Waals surface area contributed by atoms with Crippen molar-refractivity contribution in [1.82, 2.24) is 15.1 Å². The average molecular weight is 498 g/mol. The topological polar surface area (TPSA) is 59.0 Å². The Morgan fingerprint density at radius 1 is 1.14 bits per heavy atom. The third kappa shape index (κ3) is 4.04. The molecule has 0 atom stereocenters. The van der Waals surface area contributed by atoms with Crippen molar-refractivity contribution in [1.29, 1.82) is 0 Å². The molecular weight excluding hydrogens is 475 g/mol. The van der Waals surface area contributed by atoms with Crippen LogP contribution >= 0.6 is 39.1 Å². The van der Waals surface area contributed by atoms with Crippen molar-refractivity contribution in [2.24, 2.45) is 17.8 Å². The van der Waals surface area contributed by atoms with E-state index in [1.54, 1.807) is 10.7 Å². The minimum absolute atomic E-state index is 0.0199. The Labute approximate surface area is 188 Å². The zero-order valence-corrected chi connectivity index (χ0v) is 19.0. The molecule has 1 aromatic heterocycles. The first-order chi connectivity index (χ1) is 13.9. The minimum Gasteiger partial charge on any atom is -0.332 e. The van der Waals surface area contributed by atoms with Gasteiger partial charge in [0.2, 0.25) is 0 Å². The Hall–Kier alpha value is -1.24. The lowest BCUT2D eigenvalue weighted by atomic mass is 9.53. The van der Waals surface area contributed by atoms with E-state index in [1.807, 2.05) is 18.3 Å². The molecule has 1 heterocycles. The Bertz CT molecular complexity index is 925. The molecule has 0 aliphatic heterocycles. The van der Waals surface area contributed by atoms with Gasteiger partial charge in [-0.25, -0.2) is 4.79 Å². The Balaban J connectivity index is 1.25. The van der Waals surface area contributed by atoms with Crippen LogP contribution in [0.1, 0.15) is 44.1 Å². The molecule has 2 aromatic rings. The third-order valence-corrected chi connectivity index (χ3v) is 8.01. The maximum Gasteiger partial charge on any atom is 0.320 e. The first kappa shape index (κ1) is 19.7. The molecule has 2 N–H and O–H groups in total. The molecule has 4 aliphatic rings. The standard InChI is InChI=1S/C21H23BrCl2N4O/c22-16-11-28(10-12-1-2-17(23)18(24)6-12)27-19(16)25-20(29)26-21-7-13-3-14(8-21)5-15(4-13)9-21/h1-2,6,11,13-15H,3-5,7-10H2,(H2,25,26,27,29). The highest BCUT2D eigenvalue weighted by Crippen LogP contribution is 2.55. The molecule has 4 aliphatic carbocycles. The van der Waals surface area contributed by atoms with Crippen LogP contribution in [0.5, 0.6) is 0 Å². The second-order valence-electron chi connectivity index (χ2n) is 9.05. The molecule has 6 rings (SSSR count). The van der Waals surface area contributed by atoms with Crippen LogP contribution in [-0.2, 0) is 6.54 Å². The molecular formula is C21H23BrCl2N4O. The van der Waals surface area contributed by atoms with Crippen LogP contribution in [0.25, 0.3) is 0 Å². The number of anilines is 1. The van der Waals surface area contributed by atoms with Gasteiger partial charge in [0, 0.05) is 11.7 Å². The summed E-state index contributed by atoms with van der Waals surface area (Å²) in [4.78, 5) is 12.8. The van der Waals surface area contributed by atoms with Crippen LogP contribution in [0.4, 0.5) is 10.6 Å². The normalized spacial score (nSPS) is 29.8. The van der Waals surface area contributed by atoms with Gasteiger partial charge in [-0.05, 0) is 89.9 Å². The van der Waals surface area contributed by atoms with Gasteiger partial charge in [-0.2, -0.15) is 5.10 Å². The van der Waals surface area contributed by atoms with E-state index in [0.717, 1.165) is 47.1 Å². The lowest BCUT2D eigenvalue weighted by molar-refractivity contribution is -0.0127. The molecule has 4 saturated carbocycles. The van der Waals surface area contributed by atoms with Crippen LogP contribution in [-0.4, -0.2) is 21.4 Å². The number of nitrogens with zero attached hydrogens (tertiary/aromatic N) is 2. The average Bonchev–Trinajstić information content (AvgIpc) is 2.95. The predicted molar refractivity (Wildman–Crippen MR) is 119 cm³/mol. The van der Waals surface area contributed by atoms with Crippen LogP contribution in [0.2, 0.25) is 10.0 Å². The summed E-state index contributed by atoms with van der Waals surface area (Å²) in [6.07, 6.45) is 9.29. The quantitative estimate of drug-likeness (QED) is 0.536. The van der Waals surface area contributed by atoms with Gasteiger partial charge in [-0.1, -0.05) is 29.3 Å². The summed E-state index contributed by atoms with van der Waals surface area (Å²) in [5.41, 5.74) is 0.965. The molecule has 5 nitrogen and oxygen atoms in total.